The van der Waals surface area contributed by atoms with E-state index in [1.54, 1.807) is 6.92 Å². The fraction of sp³-hybridized carbons (Fsp3) is 0.875. The van der Waals surface area contributed by atoms with Crippen LogP contribution in [0.2, 0.25) is 0 Å². The number of amides is 1. The summed E-state index contributed by atoms with van der Waals surface area (Å²) in [6.45, 7) is 9.94. The van der Waals surface area contributed by atoms with Crippen LogP contribution in [0.3, 0.4) is 0 Å². The highest BCUT2D eigenvalue weighted by atomic mass is 16.5. The van der Waals surface area contributed by atoms with Gasteiger partial charge in [-0.3, -0.25) is 9.59 Å². The summed E-state index contributed by atoms with van der Waals surface area (Å²) in [5.41, 5.74) is -0.436. The molecule has 3 unspecified atom stereocenters. The minimum atomic E-state index is -0.739. The van der Waals surface area contributed by atoms with Crippen LogP contribution in [0.25, 0.3) is 0 Å². The number of ether oxygens (including phenoxy) is 1. The van der Waals surface area contributed by atoms with E-state index in [4.69, 9.17) is 4.74 Å². The molecule has 0 aromatic carbocycles. The standard InChI is InChI=1S/C16H29NO3/c1-6-20-15(19)13(16(3,4)5)14(18)17-12-10-8-7-9-11(12)2/h11-13H,6-10H2,1-5H3,(H,17,18). The van der Waals surface area contributed by atoms with E-state index >= 15 is 0 Å². The van der Waals surface area contributed by atoms with Crippen molar-refractivity contribution < 1.29 is 14.3 Å². The van der Waals surface area contributed by atoms with Gasteiger partial charge in [0, 0.05) is 6.04 Å². The van der Waals surface area contributed by atoms with Crippen LogP contribution in [0.5, 0.6) is 0 Å². The molecule has 0 bridgehead atoms. The van der Waals surface area contributed by atoms with Crippen molar-refractivity contribution in [3.63, 3.8) is 0 Å². The lowest BCUT2D eigenvalue weighted by Crippen LogP contribution is -2.49. The lowest BCUT2D eigenvalue weighted by atomic mass is 9.79. The molecule has 1 fully saturated rings. The lowest BCUT2D eigenvalue weighted by Gasteiger charge is -2.33. The predicted octanol–water partition coefficient (Wildman–Crippen LogP) is 2.91. The fourth-order valence-corrected chi connectivity index (χ4v) is 2.88. The lowest BCUT2D eigenvalue weighted by molar-refractivity contribution is -0.157. The molecule has 0 saturated heterocycles. The van der Waals surface area contributed by atoms with Crippen molar-refractivity contribution in [2.24, 2.45) is 17.3 Å². The van der Waals surface area contributed by atoms with Crippen LogP contribution in [0.4, 0.5) is 0 Å². The van der Waals surface area contributed by atoms with Gasteiger partial charge in [-0.15, -0.1) is 0 Å². The molecule has 0 aromatic heterocycles. The Hall–Kier alpha value is -1.06. The second-order valence-corrected chi connectivity index (χ2v) is 6.93. The summed E-state index contributed by atoms with van der Waals surface area (Å²) < 4.78 is 5.07. The maximum atomic E-state index is 12.5. The summed E-state index contributed by atoms with van der Waals surface area (Å²) in [6.07, 6.45) is 4.53. The van der Waals surface area contributed by atoms with Gasteiger partial charge in [0.25, 0.3) is 0 Å². The zero-order valence-corrected chi connectivity index (χ0v) is 13.5. The Morgan fingerprint density at radius 3 is 2.35 bits per heavy atom. The van der Waals surface area contributed by atoms with Crippen LogP contribution in [0, 0.1) is 17.3 Å². The van der Waals surface area contributed by atoms with E-state index in [2.05, 4.69) is 12.2 Å². The first-order chi connectivity index (χ1) is 9.27. The average Bonchev–Trinajstić information content (AvgIpc) is 2.30. The van der Waals surface area contributed by atoms with Crippen molar-refractivity contribution in [1.29, 1.82) is 0 Å². The normalized spacial score (nSPS) is 24.9. The molecule has 3 atom stereocenters. The summed E-state index contributed by atoms with van der Waals surface area (Å²) in [6, 6.07) is 0.190. The first-order valence-electron chi connectivity index (χ1n) is 7.74. The number of hydrogen-bond donors (Lipinski definition) is 1. The number of rotatable bonds is 4. The molecule has 20 heavy (non-hydrogen) atoms. The molecule has 1 aliphatic carbocycles. The van der Waals surface area contributed by atoms with E-state index in [0.717, 1.165) is 19.3 Å². The molecule has 4 heteroatoms. The summed E-state index contributed by atoms with van der Waals surface area (Å²) in [4.78, 5) is 24.6. The number of carbonyl (C=O) groups excluding carboxylic acids is 2. The van der Waals surface area contributed by atoms with E-state index < -0.39 is 17.3 Å². The Labute approximate surface area is 122 Å². The van der Waals surface area contributed by atoms with Crippen molar-refractivity contribution in [1.82, 2.24) is 5.32 Å². The molecule has 116 valence electrons. The number of esters is 1. The van der Waals surface area contributed by atoms with Crippen LogP contribution in [-0.2, 0) is 14.3 Å². The third-order valence-corrected chi connectivity index (χ3v) is 4.09. The highest BCUT2D eigenvalue weighted by Gasteiger charge is 2.40. The van der Waals surface area contributed by atoms with Gasteiger partial charge in [0.05, 0.1) is 6.61 Å². The maximum Gasteiger partial charge on any atom is 0.319 e. The molecule has 1 amide bonds. The summed E-state index contributed by atoms with van der Waals surface area (Å²) in [5.74, 6) is -0.859. The summed E-state index contributed by atoms with van der Waals surface area (Å²) in [5, 5.41) is 3.07. The SMILES string of the molecule is CCOC(=O)C(C(=O)NC1CCCCC1C)C(C)(C)C. The van der Waals surface area contributed by atoms with E-state index in [1.807, 2.05) is 20.8 Å². The van der Waals surface area contributed by atoms with Crippen LogP contribution in [-0.4, -0.2) is 24.5 Å². The van der Waals surface area contributed by atoms with Crippen molar-refractivity contribution >= 4 is 11.9 Å². The Balaban J connectivity index is 2.75. The van der Waals surface area contributed by atoms with Crippen molar-refractivity contribution in [3.05, 3.63) is 0 Å². The first kappa shape index (κ1) is 17.0. The molecular formula is C16H29NO3. The zero-order chi connectivity index (χ0) is 15.3. The molecule has 1 aliphatic rings. The van der Waals surface area contributed by atoms with Crippen molar-refractivity contribution in [2.45, 2.75) is 66.3 Å². The van der Waals surface area contributed by atoms with Crippen LogP contribution in [0.15, 0.2) is 0 Å². The Kier molecular flexibility index (Phi) is 6.03. The predicted molar refractivity (Wildman–Crippen MR) is 79.1 cm³/mol. The third kappa shape index (κ3) is 4.50. The number of nitrogens with one attached hydrogen (secondary N) is 1. The van der Waals surface area contributed by atoms with Gasteiger partial charge in [-0.05, 0) is 31.1 Å². The molecule has 1 rings (SSSR count). The molecule has 0 spiro atoms. The summed E-state index contributed by atoms with van der Waals surface area (Å²) in [7, 11) is 0. The number of hydrogen-bond acceptors (Lipinski definition) is 3. The zero-order valence-electron chi connectivity index (χ0n) is 13.5. The Morgan fingerprint density at radius 1 is 1.25 bits per heavy atom. The fourth-order valence-electron chi connectivity index (χ4n) is 2.88. The van der Waals surface area contributed by atoms with Gasteiger partial charge >= 0.3 is 5.97 Å². The number of carbonyl (C=O) groups is 2. The molecule has 0 aliphatic heterocycles. The first-order valence-corrected chi connectivity index (χ1v) is 7.74. The highest BCUT2D eigenvalue weighted by molar-refractivity contribution is 5.98. The molecule has 0 aromatic rings. The van der Waals surface area contributed by atoms with Gasteiger partial charge in [-0.1, -0.05) is 40.5 Å². The highest BCUT2D eigenvalue weighted by Crippen LogP contribution is 2.29. The van der Waals surface area contributed by atoms with Crippen LogP contribution >= 0.6 is 0 Å². The van der Waals surface area contributed by atoms with E-state index in [1.165, 1.54) is 6.42 Å². The Bertz CT molecular complexity index is 346. The molecule has 1 N–H and O–H groups in total. The molecule has 0 heterocycles. The third-order valence-electron chi connectivity index (χ3n) is 4.09. The largest absolute Gasteiger partial charge is 0.465 e. The Morgan fingerprint density at radius 2 is 1.85 bits per heavy atom. The molecule has 0 radical (unpaired) electrons. The quantitative estimate of drug-likeness (QED) is 0.637. The van der Waals surface area contributed by atoms with Crippen molar-refractivity contribution in [3.8, 4) is 0 Å². The van der Waals surface area contributed by atoms with Gasteiger partial charge in [0.15, 0.2) is 0 Å². The smallest absolute Gasteiger partial charge is 0.319 e. The van der Waals surface area contributed by atoms with E-state index in [0.29, 0.717) is 12.5 Å². The van der Waals surface area contributed by atoms with Gasteiger partial charge < -0.3 is 10.1 Å². The van der Waals surface area contributed by atoms with Gasteiger partial charge in [-0.25, -0.2) is 0 Å². The van der Waals surface area contributed by atoms with E-state index in [-0.39, 0.29) is 11.9 Å². The monoisotopic (exact) mass is 283 g/mol. The van der Waals surface area contributed by atoms with E-state index in [9.17, 15) is 9.59 Å². The van der Waals surface area contributed by atoms with Gasteiger partial charge in [0.2, 0.25) is 5.91 Å². The van der Waals surface area contributed by atoms with Gasteiger partial charge in [-0.2, -0.15) is 0 Å². The van der Waals surface area contributed by atoms with Crippen LogP contribution < -0.4 is 5.32 Å². The average molecular weight is 283 g/mol. The van der Waals surface area contributed by atoms with Crippen LogP contribution in [0.1, 0.15) is 60.3 Å². The second kappa shape index (κ2) is 7.09. The minimum absolute atomic E-state index is 0.185. The summed E-state index contributed by atoms with van der Waals surface area (Å²) >= 11 is 0. The second-order valence-electron chi connectivity index (χ2n) is 6.93. The topological polar surface area (TPSA) is 55.4 Å². The molecular weight excluding hydrogens is 254 g/mol. The molecule has 1 saturated carbocycles. The minimum Gasteiger partial charge on any atom is -0.465 e. The maximum absolute atomic E-state index is 12.5. The van der Waals surface area contributed by atoms with Gasteiger partial charge in [0.1, 0.15) is 5.92 Å². The van der Waals surface area contributed by atoms with Crippen molar-refractivity contribution in [2.75, 3.05) is 6.61 Å². The molecule has 4 nitrogen and oxygen atoms in total.